The first kappa shape index (κ1) is 13.3. The van der Waals surface area contributed by atoms with Gasteiger partial charge in [0.2, 0.25) is 0 Å². The molecular formula is C14H21FN2O. The molecule has 1 aromatic carbocycles. The number of likely N-dealkylation sites (tertiary alicyclic amines) is 1. The highest BCUT2D eigenvalue weighted by molar-refractivity contribution is 5.47. The molecule has 18 heavy (non-hydrogen) atoms. The van der Waals surface area contributed by atoms with Gasteiger partial charge in [0, 0.05) is 31.5 Å². The minimum atomic E-state index is -0.220. The second kappa shape index (κ2) is 5.67. The average Bonchev–Trinajstić information content (AvgIpc) is 2.36. The van der Waals surface area contributed by atoms with Gasteiger partial charge in [-0.3, -0.25) is 4.90 Å². The molecule has 2 N–H and O–H groups in total. The van der Waals surface area contributed by atoms with Crippen molar-refractivity contribution < 1.29 is 9.13 Å². The number of hydrogen-bond donors (Lipinski definition) is 1. The van der Waals surface area contributed by atoms with E-state index >= 15 is 0 Å². The monoisotopic (exact) mass is 252 g/mol. The summed E-state index contributed by atoms with van der Waals surface area (Å²) in [6.07, 6.45) is 1.30. The number of rotatable bonds is 3. The summed E-state index contributed by atoms with van der Waals surface area (Å²) >= 11 is 0. The predicted molar refractivity (Wildman–Crippen MR) is 70.7 cm³/mol. The third-order valence-corrected chi connectivity index (χ3v) is 3.81. The van der Waals surface area contributed by atoms with E-state index in [1.807, 2.05) is 0 Å². The standard InChI is InChI=1S/C14H21FN2O/c1-10-6-7-17(9-14(10)18-2)8-11-12(15)4-3-5-13(11)16/h3-5,10,14H,6-9,16H2,1-2H3. The van der Waals surface area contributed by atoms with Crippen molar-refractivity contribution in [1.82, 2.24) is 4.90 Å². The van der Waals surface area contributed by atoms with Crippen molar-refractivity contribution in [2.75, 3.05) is 25.9 Å². The zero-order chi connectivity index (χ0) is 13.1. The van der Waals surface area contributed by atoms with Crippen molar-refractivity contribution in [3.63, 3.8) is 0 Å². The summed E-state index contributed by atoms with van der Waals surface area (Å²) in [4.78, 5) is 2.21. The average molecular weight is 252 g/mol. The lowest BCUT2D eigenvalue weighted by molar-refractivity contribution is -0.00766. The van der Waals surface area contributed by atoms with E-state index in [-0.39, 0.29) is 11.9 Å². The summed E-state index contributed by atoms with van der Waals surface area (Å²) < 4.78 is 19.2. The van der Waals surface area contributed by atoms with Gasteiger partial charge in [-0.15, -0.1) is 0 Å². The molecule has 1 saturated heterocycles. The molecule has 2 rings (SSSR count). The van der Waals surface area contributed by atoms with E-state index in [0.29, 0.717) is 23.7 Å². The van der Waals surface area contributed by atoms with Gasteiger partial charge in [0.15, 0.2) is 0 Å². The Kier molecular flexibility index (Phi) is 4.19. The number of methoxy groups -OCH3 is 1. The van der Waals surface area contributed by atoms with Crippen LogP contribution in [0.15, 0.2) is 18.2 Å². The van der Waals surface area contributed by atoms with Gasteiger partial charge < -0.3 is 10.5 Å². The topological polar surface area (TPSA) is 38.5 Å². The van der Waals surface area contributed by atoms with Crippen LogP contribution >= 0.6 is 0 Å². The maximum atomic E-state index is 13.7. The maximum absolute atomic E-state index is 13.7. The number of nitrogens with zero attached hydrogens (tertiary/aromatic N) is 1. The molecule has 0 saturated carbocycles. The van der Waals surface area contributed by atoms with E-state index in [0.717, 1.165) is 19.5 Å². The normalized spacial score (nSPS) is 25.3. The Morgan fingerprint density at radius 2 is 2.28 bits per heavy atom. The van der Waals surface area contributed by atoms with Crippen LogP contribution in [-0.2, 0) is 11.3 Å². The second-order valence-corrected chi connectivity index (χ2v) is 5.08. The Morgan fingerprint density at radius 3 is 2.94 bits per heavy atom. The molecule has 0 aromatic heterocycles. The van der Waals surface area contributed by atoms with Crippen LogP contribution in [0.25, 0.3) is 0 Å². The molecule has 0 radical (unpaired) electrons. The lowest BCUT2D eigenvalue weighted by Gasteiger charge is -2.36. The summed E-state index contributed by atoms with van der Waals surface area (Å²) in [6.45, 7) is 4.56. The Bertz CT molecular complexity index is 391. The van der Waals surface area contributed by atoms with E-state index in [1.165, 1.54) is 6.07 Å². The van der Waals surface area contributed by atoms with Crippen LogP contribution in [0.3, 0.4) is 0 Å². The predicted octanol–water partition coefficient (Wildman–Crippen LogP) is 2.26. The number of anilines is 1. The molecule has 0 aliphatic carbocycles. The summed E-state index contributed by atoms with van der Waals surface area (Å²) in [6, 6.07) is 4.86. The molecule has 0 spiro atoms. The van der Waals surface area contributed by atoms with Gasteiger partial charge in [0.05, 0.1) is 6.10 Å². The number of hydrogen-bond acceptors (Lipinski definition) is 3. The molecule has 2 unspecified atom stereocenters. The van der Waals surface area contributed by atoms with Crippen LogP contribution in [0, 0.1) is 11.7 Å². The van der Waals surface area contributed by atoms with Crippen LogP contribution in [-0.4, -0.2) is 31.2 Å². The number of benzene rings is 1. The summed E-state index contributed by atoms with van der Waals surface area (Å²) in [7, 11) is 1.74. The molecule has 1 heterocycles. The molecule has 0 bridgehead atoms. The van der Waals surface area contributed by atoms with Crippen LogP contribution in [0.5, 0.6) is 0 Å². The molecule has 1 aliphatic heterocycles. The maximum Gasteiger partial charge on any atom is 0.129 e. The fourth-order valence-electron chi connectivity index (χ4n) is 2.51. The lowest BCUT2D eigenvalue weighted by Crippen LogP contribution is -2.43. The quantitative estimate of drug-likeness (QED) is 0.839. The van der Waals surface area contributed by atoms with Crippen molar-refractivity contribution in [2.24, 2.45) is 5.92 Å². The Labute approximate surface area is 108 Å². The molecular weight excluding hydrogens is 231 g/mol. The molecule has 1 aromatic rings. The van der Waals surface area contributed by atoms with E-state index < -0.39 is 0 Å². The first-order valence-corrected chi connectivity index (χ1v) is 6.40. The Hall–Kier alpha value is -1.13. The third kappa shape index (κ3) is 2.82. The Balaban J connectivity index is 2.06. The second-order valence-electron chi connectivity index (χ2n) is 5.08. The minimum Gasteiger partial charge on any atom is -0.398 e. The van der Waals surface area contributed by atoms with Crippen molar-refractivity contribution in [3.8, 4) is 0 Å². The molecule has 1 fully saturated rings. The minimum absolute atomic E-state index is 0.220. The SMILES string of the molecule is COC1CN(Cc2c(N)cccc2F)CCC1C. The molecule has 2 atom stereocenters. The van der Waals surface area contributed by atoms with Gasteiger partial charge in [-0.2, -0.15) is 0 Å². The number of ether oxygens (including phenoxy) is 1. The highest BCUT2D eigenvalue weighted by atomic mass is 19.1. The number of nitrogens with two attached hydrogens (primary N) is 1. The fourth-order valence-corrected chi connectivity index (χ4v) is 2.51. The van der Waals surface area contributed by atoms with E-state index in [4.69, 9.17) is 10.5 Å². The van der Waals surface area contributed by atoms with E-state index in [2.05, 4.69) is 11.8 Å². The summed E-state index contributed by atoms with van der Waals surface area (Å²) in [5.74, 6) is 0.340. The lowest BCUT2D eigenvalue weighted by atomic mass is 9.95. The molecule has 3 nitrogen and oxygen atoms in total. The van der Waals surface area contributed by atoms with Crippen molar-refractivity contribution >= 4 is 5.69 Å². The molecule has 4 heteroatoms. The van der Waals surface area contributed by atoms with Crippen LogP contribution in [0.4, 0.5) is 10.1 Å². The Morgan fingerprint density at radius 1 is 1.50 bits per heavy atom. The summed E-state index contributed by atoms with van der Waals surface area (Å²) in [5, 5.41) is 0. The van der Waals surface area contributed by atoms with Crippen molar-refractivity contribution in [3.05, 3.63) is 29.6 Å². The first-order chi connectivity index (χ1) is 8.61. The highest BCUT2D eigenvalue weighted by Gasteiger charge is 2.26. The van der Waals surface area contributed by atoms with Gasteiger partial charge in [-0.05, 0) is 31.0 Å². The van der Waals surface area contributed by atoms with Crippen LogP contribution < -0.4 is 5.73 Å². The largest absolute Gasteiger partial charge is 0.398 e. The number of nitrogen functional groups attached to an aromatic ring is 1. The van der Waals surface area contributed by atoms with Crippen LogP contribution in [0.1, 0.15) is 18.9 Å². The third-order valence-electron chi connectivity index (χ3n) is 3.81. The van der Waals surface area contributed by atoms with Gasteiger partial charge in [0.1, 0.15) is 5.82 Å². The van der Waals surface area contributed by atoms with Crippen molar-refractivity contribution in [2.45, 2.75) is 26.0 Å². The van der Waals surface area contributed by atoms with E-state index in [9.17, 15) is 4.39 Å². The van der Waals surface area contributed by atoms with E-state index in [1.54, 1.807) is 19.2 Å². The van der Waals surface area contributed by atoms with Crippen LogP contribution in [0.2, 0.25) is 0 Å². The molecule has 0 amide bonds. The summed E-state index contributed by atoms with van der Waals surface area (Å²) in [5.41, 5.74) is 6.96. The smallest absolute Gasteiger partial charge is 0.129 e. The van der Waals surface area contributed by atoms with Gasteiger partial charge in [0.25, 0.3) is 0 Å². The number of halogens is 1. The zero-order valence-corrected chi connectivity index (χ0v) is 11.0. The molecule has 100 valence electrons. The fraction of sp³-hybridized carbons (Fsp3) is 0.571. The first-order valence-electron chi connectivity index (χ1n) is 6.40. The van der Waals surface area contributed by atoms with Crippen molar-refractivity contribution in [1.29, 1.82) is 0 Å². The van der Waals surface area contributed by atoms with Gasteiger partial charge >= 0.3 is 0 Å². The zero-order valence-electron chi connectivity index (χ0n) is 11.0. The number of piperidine rings is 1. The van der Waals surface area contributed by atoms with Gasteiger partial charge in [-0.25, -0.2) is 4.39 Å². The highest BCUT2D eigenvalue weighted by Crippen LogP contribution is 2.23. The molecule has 1 aliphatic rings. The van der Waals surface area contributed by atoms with Gasteiger partial charge in [-0.1, -0.05) is 13.0 Å².